The number of methoxy groups -OCH3 is 1. The zero-order chi connectivity index (χ0) is 18.4. The van der Waals surface area contributed by atoms with E-state index in [4.69, 9.17) is 4.74 Å². The molecule has 142 valence electrons. The monoisotopic (exact) mass is 359 g/mol. The van der Waals surface area contributed by atoms with E-state index in [1.807, 2.05) is 34.1 Å². The van der Waals surface area contributed by atoms with Crippen molar-refractivity contribution >= 4 is 11.8 Å². The standard InChI is InChI=1S/C20H29N3O3/c1-26-18-7-3-2-6-17(18)16-20(25)23-14-12-22(13-15-23)19(24)8-11-21-9-4-5-10-21/h2-3,6-7H,4-5,8-16H2,1H3. The van der Waals surface area contributed by atoms with Crippen LogP contribution in [0.4, 0.5) is 0 Å². The van der Waals surface area contributed by atoms with Crippen molar-refractivity contribution in [1.29, 1.82) is 0 Å². The fourth-order valence-corrected chi connectivity index (χ4v) is 3.75. The van der Waals surface area contributed by atoms with Gasteiger partial charge in [-0.2, -0.15) is 0 Å². The second-order valence-corrected chi connectivity index (χ2v) is 7.05. The molecular weight excluding hydrogens is 330 g/mol. The zero-order valence-corrected chi connectivity index (χ0v) is 15.7. The average molecular weight is 359 g/mol. The van der Waals surface area contributed by atoms with Crippen LogP contribution in [-0.2, 0) is 16.0 Å². The summed E-state index contributed by atoms with van der Waals surface area (Å²) < 4.78 is 5.32. The van der Waals surface area contributed by atoms with Crippen LogP contribution in [0.3, 0.4) is 0 Å². The summed E-state index contributed by atoms with van der Waals surface area (Å²) in [5, 5.41) is 0. The molecule has 0 aliphatic carbocycles. The van der Waals surface area contributed by atoms with Gasteiger partial charge in [-0.25, -0.2) is 0 Å². The number of carbonyl (C=O) groups is 2. The highest BCUT2D eigenvalue weighted by atomic mass is 16.5. The second kappa shape index (κ2) is 9.03. The second-order valence-electron chi connectivity index (χ2n) is 7.05. The third-order valence-corrected chi connectivity index (χ3v) is 5.36. The quantitative estimate of drug-likeness (QED) is 0.770. The lowest BCUT2D eigenvalue weighted by molar-refractivity contribution is -0.139. The lowest BCUT2D eigenvalue weighted by atomic mass is 10.1. The van der Waals surface area contributed by atoms with Gasteiger partial charge in [0, 0.05) is 44.7 Å². The number of amides is 2. The molecule has 2 aliphatic rings. The maximum Gasteiger partial charge on any atom is 0.227 e. The van der Waals surface area contributed by atoms with Crippen LogP contribution < -0.4 is 4.74 Å². The Hall–Kier alpha value is -2.08. The van der Waals surface area contributed by atoms with Gasteiger partial charge in [0.25, 0.3) is 0 Å². The van der Waals surface area contributed by atoms with E-state index >= 15 is 0 Å². The minimum Gasteiger partial charge on any atom is -0.496 e. The average Bonchev–Trinajstić information content (AvgIpc) is 3.20. The number of rotatable bonds is 6. The Bertz CT molecular complexity index is 620. The number of benzene rings is 1. The molecule has 6 nitrogen and oxygen atoms in total. The van der Waals surface area contributed by atoms with Gasteiger partial charge in [-0.1, -0.05) is 18.2 Å². The van der Waals surface area contributed by atoms with E-state index in [9.17, 15) is 9.59 Å². The smallest absolute Gasteiger partial charge is 0.227 e. The summed E-state index contributed by atoms with van der Waals surface area (Å²) in [6, 6.07) is 7.62. The van der Waals surface area contributed by atoms with Crippen LogP contribution in [0.5, 0.6) is 5.75 Å². The summed E-state index contributed by atoms with van der Waals surface area (Å²) in [5.41, 5.74) is 0.907. The first-order chi connectivity index (χ1) is 12.7. The molecular formula is C20H29N3O3. The summed E-state index contributed by atoms with van der Waals surface area (Å²) in [6.07, 6.45) is 3.43. The molecule has 1 aromatic carbocycles. The van der Waals surface area contributed by atoms with Gasteiger partial charge in [0.05, 0.1) is 13.5 Å². The molecule has 2 heterocycles. The highest BCUT2D eigenvalue weighted by Gasteiger charge is 2.25. The van der Waals surface area contributed by atoms with E-state index < -0.39 is 0 Å². The summed E-state index contributed by atoms with van der Waals surface area (Å²) in [4.78, 5) is 31.1. The molecule has 0 aromatic heterocycles. The van der Waals surface area contributed by atoms with E-state index in [1.54, 1.807) is 7.11 Å². The van der Waals surface area contributed by atoms with Gasteiger partial charge in [-0.3, -0.25) is 9.59 Å². The lowest BCUT2D eigenvalue weighted by Gasteiger charge is -2.35. The Kier molecular flexibility index (Phi) is 6.50. The first-order valence-corrected chi connectivity index (χ1v) is 9.57. The summed E-state index contributed by atoms with van der Waals surface area (Å²) in [7, 11) is 1.62. The van der Waals surface area contributed by atoms with Gasteiger partial charge in [0.2, 0.25) is 11.8 Å². The minimum absolute atomic E-state index is 0.0960. The van der Waals surface area contributed by atoms with Crippen molar-refractivity contribution in [1.82, 2.24) is 14.7 Å². The first kappa shape index (κ1) is 18.7. The summed E-state index contributed by atoms with van der Waals surface area (Å²) >= 11 is 0. The molecule has 2 amide bonds. The number of para-hydroxylation sites is 1. The largest absolute Gasteiger partial charge is 0.496 e. The van der Waals surface area contributed by atoms with Crippen LogP contribution in [-0.4, -0.2) is 79.4 Å². The number of likely N-dealkylation sites (tertiary alicyclic amines) is 1. The molecule has 3 rings (SSSR count). The molecule has 2 aliphatic heterocycles. The highest BCUT2D eigenvalue weighted by molar-refractivity contribution is 5.80. The molecule has 0 atom stereocenters. The molecule has 0 spiro atoms. The van der Waals surface area contributed by atoms with Crippen molar-refractivity contribution in [3.63, 3.8) is 0 Å². The minimum atomic E-state index is 0.0960. The molecule has 0 bridgehead atoms. The van der Waals surface area contributed by atoms with Gasteiger partial charge in [-0.15, -0.1) is 0 Å². The SMILES string of the molecule is COc1ccccc1CC(=O)N1CCN(C(=O)CCN2CCCC2)CC1. The van der Waals surface area contributed by atoms with Crippen molar-refractivity contribution in [3.8, 4) is 5.75 Å². The third-order valence-electron chi connectivity index (χ3n) is 5.36. The Balaban J connectivity index is 1.43. The van der Waals surface area contributed by atoms with Crippen LogP contribution in [0.15, 0.2) is 24.3 Å². The molecule has 2 saturated heterocycles. The van der Waals surface area contributed by atoms with Gasteiger partial charge in [0.15, 0.2) is 0 Å². The zero-order valence-electron chi connectivity index (χ0n) is 15.7. The predicted octanol–water partition coefficient (Wildman–Crippen LogP) is 1.39. The van der Waals surface area contributed by atoms with Crippen molar-refractivity contribution in [2.45, 2.75) is 25.7 Å². The van der Waals surface area contributed by atoms with Crippen LogP contribution in [0.25, 0.3) is 0 Å². The molecule has 0 radical (unpaired) electrons. The van der Waals surface area contributed by atoms with Gasteiger partial charge < -0.3 is 19.4 Å². The number of carbonyl (C=O) groups excluding carboxylic acids is 2. The lowest BCUT2D eigenvalue weighted by Crippen LogP contribution is -2.51. The van der Waals surface area contributed by atoms with Crippen molar-refractivity contribution in [3.05, 3.63) is 29.8 Å². The van der Waals surface area contributed by atoms with Gasteiger partial charge in [-0.05, 0) is 32.0 Å². The van der Waals surface area contributed by atoms with Crippen LogP contribution >= 0.6 is 0 Å². The summed E-state index contributed by atoms with van der Waals surface area (Å²) in [6.45, 7) is 5.61. The Morgan fingerprint density at radius 2 is 1.54 bits per heavy atom. The highest BCUT2D eigenvalue weighted by Crippen LogP contribution is 2.19. The first-order valence-electron chi connectivity index (χ1n) is 9.57. The predicted molar refractivity (Wildman–Crippen MR) is 100 cm³/mol. The number of ether oxygens (including phenoxy) is 1. The Morgan fingerprint density at radius 3 is 2.19 bits per heavy atom. The molecule has 0 saturated carbocycles. The van der Waals surface area contributed by atoms with E-state index in [1.165, 1.54) is 12.8 Å². The Labute approximate surface area is 155 Å². The van der Waals surface area contributed by atoms with Gasteiger partial charge >= 0.3 is 0 Å². The molecule has 6 heteroatoms. The molecule has 26 heavy (non-hydrogen) atoms. The van der Waals surface area contributed by atoms with E-state index in [-0.39, 0.29) is 11.8 Å². The fourth-order valence-electron chi connectivity index (χ4n) is 3.75. The van der Waals surface area contributed by atoms with E-state index in [0.29, 0.717) is 39.0 Å². The molecule has 1 aromatic rings. The molecule has 2 fully saturated rings. The molecule has 0 N–H and O–H groups in total. The van der Waals surface area contributed by atoms with Crippen LogP contribution in [0.1, 0.15) is 24.8 Å². The molecule has 0 unspecified atom stereocenters. The van der Waals surface area contributed by atoms with E-state index in [2.05, 4.69) is 4.90 Å². The van der Waals surface area contributed by atoms with Gasteiger partial charge in [0.1, 0.15) is 5.75 Å². The van der Waals surface area contributed by atoms with Crippen molar-refractivity contribution < 1.29 is 14.3 Å². The Morgan fingerprint density at radius 1 is 0.923 bits per heavy atom. The number of hydrogen-bond acceptors (Lipinski definition) is 4. The van der Waals surface area contributed by atoms with Crippen molar-refractivity contribution in [2.24, 2.45) is 0 Å². The van der Waals surface area contributed by atoms with Crippen molar-refractivity contribution in [2.75, 3.05) is 52.9 Å². The number of nitrogens with zero attached hydrogens (tertiary/aromatic N) is 3. The number of hydrogen-bond donors (Lipinski definition) is 0. The maximum atomic E-state index is 12.6. The van der Waals surface area contributed by atoms with E-state index in [0.717, 1.165) is 30.9 Å². The number of piperazine rings is 1. The normalized spacial score (nSPS) is 18.2. The van der Waals surface area contributed by atoms with Crippen LogP contribution in [0.2, 0.25) is 0 Å². The topological polar surface area (TPSA) is 53.1 Å². The van der Waals surface area contributed by atoms with Crippen LogP contribution in [0, 0.1) is 0 Å². The third kappa shape index (κ3) is 4.75. The maximum absolute atomic E-state index is 12.6. The summed E-state index contributed by atoms with van der Waals surface area (Å²) in [5.74, 6) is 1.06. The fraction of sp³-hybridized carbons (Fsp3) is 0.600.